The summed E-state index contributed by atoms with van der Waals surface area (Å²) in [7, 11) is 0. The monoisotopic (exact) mass is 209 g/mol. The molecular formula is C9H7NO3S. The average Bonchev–Trinajstić information content (AvgIpc) is 2.70. The third kappa shape index (κ3) is 1.42. The first-order valence-electron chi connectivity index (χ1n) is 3.93. The number of thiazole rings is 1. The molecule has 0 amide bonds. The highest BCUT2D eigenvalue weighted by Gasteiger charge is 2.15. The molecule has 2 rings (SSSR count). The second-order valence-electron chi connectivity index (χ2n) is 2.72. The smallest absolute Gasteiger partial charge is 0.347 e. The number of carboxylic acids is 1. The van der Waals surface area contributed by atoms with Gasteiger partial charge in [-0.25, -0.2) is 9.78 Å². The van der Waals surface area contributed by atoms with Gasteiger partial charge in [0.15, 0.2) is 10.8 Å². The predicted molar refractivity (Wildman–Crippen MR) is 51.5 cm³/mol. The van der Waals surface area contributed by atoms with E-state index in [0.717, 1.165) is 11.3 Å². The maximum atomic E-state index is 10.7. The number of rotatable bonds is 2. The molecule has 0 saturated heterocycles. The molecule has 0 unspecified atom stereocenters. The molecule has 0 aliphatic rings. The Bertz CT molecular complexity index is 458. The van der Waals surface area contributed by atoms with E-state index in [2.05, 4.69) is 4.98 Å². The molecule has 0 atom stereocenters. The molecule has 0 radical (unpaired) electrons. The predicted octanol–water partition coefficient (Wildman–Crippen LogP) is 2.41. The molecule has 2 aromatic rings. The molecule has 5 heteroatoms. The molecule has 14 heavy (non-hydrogen) atoms. The van der Waals surface area contributed by atoms with Gasteiger partial charge in [-0.2, -0.15) is 0 Å². The molecule has 0 spiro atoms. The van der Waals surface area contributed by atoms with Crippen LogP contribution in [0.4, 0.5) is 0 Å². The highest BCUT2D eigenvalue weighted by Crippen LogP contribution is 2.27. The summed E-state index contributed by atoms with van der Waals surface area (Å²) in [6.07, 6.45) is 1.53. The number of furan rings is 1. The molecule has 0 saturated carbocycles. The number of nitrogens with zero attached hydrogens (tertiary/aromatic N) is 1. The Balaban J connectivity index is 2.48. The van der Waals surface area contributed by atoms with E-state index in [1.165, 1.54) is 6.26 Å². The van der Waals surface area contributed by atoms with E-state index in [1.54, 1.807) is 19.1 Å². The summed E-state index contributed by atoms with van der Waals surface area (Å²) in [5.41, 5.74) is 0.522. The molecule has 4 nitrogen and oxygen atoms in total. The van der Waals surface area contributed by atoms with Gasteiger partial charge in [0, 0.05) is 0 Å². The van der Waals surface area contributed by atoms with Crippen molar-refractivity contribution in [1.82, 2.24) is 4.98 Å². The minimum absolute atomic E-state index is 0.261. The largest absolute Gasteiger partial charge is 0.477 e. The third-order valence-corrected chi connectivity index (χ3v) is 2.88. The minimum Gasteiger partial charge on any atom is -0.477 e. The first kappa shape index (κ1) is 8.96. The lowest BCUT2D eigenvalue weighted by atomic mass is 10.4. The Morgan fingerprint density at radius 2 is 2.43 bits per heavy atom. The van der Waals surface area contributed by atoms with Gasteiger partial charge in [0.2, 0.25) is 0 Å². The zero-order valence-electron chi connectivity index (χ0n) is 7.35. The van der Waals surface area contributed by atoms with E-state index in [4.69, 9.17) is 9.52 Å². The van der Waals surface area contributed by atoms with E-state index in [0.29, 0.717) is 16.5 Å². The third-order valence-electron chi connectivity index (χ3n) is 1.72. The Labute approximate surface area is 83.8 Å². The Kier molecular flexibility index (Phi) is 2.09. The van der Waals surface area contributed by atoms with Crippen molar-refractivity contribution in [3.8, 4) is 10.8 Å². The van der Waals surface area contributed by atoms with Crippen LogP contribution in [0.25, 0.3) is 10.8 Å². The number of carboxylic acid groups (broad SMARTS) is 1. The summed E-state index contributed by atoms with van der Waals surface area (Å²) < 4.78 is 5.12. The van der Waals surface area contributed by atoms with Gasteiger partial charge in [-0.1, -0.05) is 0 Å². The summed E-state index contributed by atoms with van der Waals surface area (Å²) in [6.45, 7) is 1.67. The van der Waals surface area contributed by atoms with Gasteiger partial charge in [-0.15, -0.1) is 11.3 Å². The topological polar surface area (TPSA) is 63.3 Å². The van der Waals surface area contributed by atoms with Crippen molar-refractivity contribution in [1.29, 1.82) is 0 Å². The van der Waals surface area contributed by atoms with Crippen LogP contribution in [0.1, 0.15) is 15.4 Å². The van der Waals surface area contributed by atoms with Gasteiger partial charge in [-0.3, -0.25) is 0 Å². The molecule has 2 aromatic heterocycles. The fraction of sp³-hybridized carbons (Fsp3) is 0.111. The standard InChI is InChI=1S/C9H7NO3S/c1-5-7(9(11)12)14-8(10-5)6-3-2-4-13-6/h2-4H,1H3,(H,11,12). The number of carbonyl (C=O) groups is 1. The SMILES string of the molecule is Cc1nc(-c2ccco2)sc1C(=O)O. The molecule has 0 aliphatic heterocycles. The van der Waals surface area contributed by atoms with Crippen LogP contribution in [-0.4, -0.2) is 16.1 Å². The lowest BCUT2D eigenvalue weighted by molar-refractivity contribution is 0.0701. The van der Waals surface area contributed by atoms with Gasteiger partial charge in [0.1, 0.15) is 4.88 Å². The molecule has 0 aliphatic carbocycles. The van der Waals surface area contributed by atoms with Crippen LogP contribution in [0, 0.1) is 6.92 Å². The van der Waals surface area contributed by atoms with E-state index >= 15 is 0 Å². The van der Waals surface area contributed by atoms with Gasteiger partial charge < -0.3 is 9.52 Å². The van der Waals surface area contributed by atoms with Crippen LogP contribution in [0.3, 0.4) is 0 Å². The molecule has 0 aromatic carbocycles. The maximum absolute atomic E-state index is 10.7. The van der Waals surface area contributed by atoms with Crippen molar-refractivity contribution in [3.05, 3.63) is 29.0 Å². The normalized spacial score (nSPS) is 10.4. The van der Waals surface area contributed by atoms with E-state index in [-0.39, 0.29) is 4.88 Å². The maximum Gasteiger partial charge on any atom is 0.347 e. The van der Waals surface area contributed by atoms with Gasteiger partial charge in [0.05, 0.1) is 12.0 Å². The Morgan fingerprint density at radius 3 is 2.93 bits per heavy atom. The second-order valence-corrected chi connectivity index (χ2v) is 3.72. The first-order chi connectivity index (χ1) is 6.68. The molecular weight excluding hydrogens is 202 g/mol. The molecule has 72 valence electrons. The molecule has 0 bridgehead atoms. The quantitative estimate of drug-likeness (QED) is 0.824. The van der Waals surface area contributed by atoms with E-state index < -0.39 is 5.97 Å². The van der Waals surface area contributed by atoms with Crippen molar-refractivity contribution < 1.29 is 14.3 Å². The summed E-state index contributed by atoms with van der Waals surface area (Å²) in [6, 6.07) is 3.50. The fourth-order valence-electron chi connectivity index (χ4n) is 1.10. The van der Waals surface area contributed by atoms with Crippen LogP contribution in [-0.2, 0) is 0 Å². The first-order valence-corrected chi connectivity index (χ1v) is 4.74. The number of aromatic carboxylic acids is 1. The van der Waals surface area contributed by atoms with Crippen molar-refractivity contribution >= 4 is 17.3 Å². The molecule has 2 heterocycles. The van der Waals surface area contributed by atoms with Crippen LogP contribution in [0.15, 0.2) is 22.8 Å². The van der Waals surface area contributed by atoms with Crippen molar-refractivity contribution in [2.75, 3.05) is 0 Å². The molecule has 1 N–H and O–H groups in total. The lowest BCUT2D eigenvalue weighted by Crippen LogP contribution is -1.94. The van der Waals surface area contributed by atoms with Crippen LogP contribution < -0.4 is 0 Å². The average molecular weight is 209 g/mol. The van der Waals surface area contributed by atoms with Crippen molar-refractivity contribution in [2.24, 2.45) is 0 Å². The number of hydrogen-bond acceptors (Lipinski definition) is 4. The lowest BCUT2D eigenvalue weighted by Gasteiger charge is -1.85. The minimum atomic E-state index is -0.946. The fourth-order valence-corrected chi connectivity index (χ4v) is 1.97. The number of hydrogen-bond donors (Lipinski definition) is 1. The Morgan fingerprint density at radius 1 is 1.64 bits per heavy atom. The zero-order chi connectivity index (χ0) is 10.1. The summed E-state index contributed by atoms with van der Waals surface area (Å²) in [5, 5.41) is 9.42. The second kappa shape index (κ2) is 3.26. The van der Waals surface area contributed by atoms with E-state index in [9.17, 15) is 4.79 Å². The molecule has 0 fully saturated rings. The van der Waals surface area contributed by atoms with E-state index in [1.807, 2.05) is 0 Å². The summed E-state index contributed by atoms with van der Waals surface area (Å²) in [4.78, 5) is 15.1. The highest BCUT2D eigenvalue weighted by molar-refractivity contribution is 7.16. The summed E-state index contributed by atoms with van der Waals surface area (Å²) in [5.74, 6) is -0.344. The summed E-state index contributed by atoms with van der Waals surface area (Å²) >= 11 is 1.12. The number of aryl methyl sites for hydroxylation is 1. The zero-order valence-corrected chi connectivity index (χ0v) is 8.17. The van der Waals surface area contributed by atoms with Crippen LogP contribution in [0.5, 0.6) is 0 Å². The Hall–Kier alpha value is -1.62. The van der Waals surface area contributed by atoms with Gasteiger partial charge >= 0.3 is 5.97 Å². The number of aromatic nitrogens is 1. The van der Waals surface area contributed by atoms with Gasteiger partial charge in [0.25, 0.3) is 0 Å². The van der Waals surface area contributed by atoms with Crippen molar-refractivity contribution in [2.45, 2.75) is 6.92 Å². The van der Waals surface area contributed by atoms with Gasteiger partial charge in [-0.05, 0) is 19.1 Å². The van der Waals surface area contributed by atoms with Crippen molar-refractivity contribution in [3.63, 3.8) is 0 Å². The van der Waals surface area contributed by atoms with Crippen LogP contribution >= 0.6 is 11.3 Å². The van der Waals surface area contributed by atoms with Crippen LogP contribution in [0.2, 0.25) is 0 Å². The highest BCUT2D eigenvalue weighted by atomic mass is 32.1.